The standard InChI is InChI=1S/C15H21N3O/c1-4-16-14(11-15-17-8-9-18(15)2)12-6-5-7-13(10-12)19-3/h5-10,14,16H,4,11H2,1-3H3. The van der Waals surface area contributed by atoms with Gasteiger partial charge < -0.3 is 14.6 Å². The number of benzene rings is 1. The topological polar surface area (TPSA) is 39.1 Å². The lowest BCUT2D eigenvalue weighted by molar-refractivity contribution is 0.412. The van der Waals surface area contributed by atoms with Gasteiger partial charge in [-0.2, -0.15) is 0 Å². The fourth-order valence-electron chi connectivity index (χ4n) is 2.19. The third-order valence-electron chi connectivity index (χ3n) is 3.25. The van der Waals surface area contributed by atoms with Gasteiger partial charge in [-0.3, -0.25) is 0 Å². The molecular weight excluding hydrogens is 238 g/mol. The van der Waals surface area contributed by atoms with Crippen LogP contribution >= 0.6 is 0 Å². The Morgan fingerprint density at radius 1 is 1.42 bits per heavy atom. The van der Waals surface area contributed by atoms with Crippen LogP contribution < -0.4 is 10.1 Å². The lowest BCUT2D eigenvalue weighted by atomic mass is 10.0. The normalized spacial score (nSPS) is 12.4. The van der Waals surface area contributed by atoms with E-state index in [0.717, 1.165) is 24.5 Å². The highest BCUT2D eigenvalue weighted by Gasteiger charge is 2.14. The van der Waals surface area contributed by atoms with Crippen LogP contribution in [0.3, 0.4) is 0 Å². The molecule has 0 fully saturated rings. The molecule has 0 radical (unpaired) electrons. The average Bonchev–Trinajstić information content (AvgIpc) is 2.84. The maximum atomic E-state index is 5.29. The molecule has 0 saturated heterocycles. The van der Waals surface area contributed by atoms with E-state index in [0.29, 0.717) is 0 Å². The molecule has 1 aromatic carbocycles. The molecule has 2 rings (SSSR count). The maximum absolute atomic E-state index is 5.29. The van der Waals surface area contributed by atoms with E-state index < -0.39 is 0 Å². The molecule has 0 aliphatic heterocycles. The highest BCUT2D eigenvalue weighted by Crippen LogP contribution is 2.21. The smallest absolute Gasteiger partial charge is 0.119 e. The van der Waals surface area contributed by atoms with Gasteiger partial charge in [-0.15, -0.1) is 0 Å². The number of rotatable bonds is 6. The van der Waals surface area contributed by atoms with E-state index in [-0.39, 0.29) is 6.04 Å². The number of likely N-dealkylation sites (N-methyl/N-ethyl adjacent to an activating group) is 1. The summed E-state index contributed by atoms with van der Waals surface area (Å²) < 4.78 is 7.35. The predicted molar refractivity (Wildman–Crippen MR) is 76.3 cm³/mol. The number of aromatic nitrogens is 2. The van der Waals surface area contributed by atoms with Crippen LogP contribution in [0.1, 0.15) is 24.4 Å². The Kier molecular flexibility index (Phi) is 4.58. The highest BCUT2D eigenvalue weighted by molar-refractivity contribution is 5.31. The minimum atomic E-state index is 0.251. The van der Waals surface area contributed by atoms with Gasteiger partial charge in [-0.1, -0.05) is 19.1 Å². The number of nitrogens with one attached hydrogen (secondary N) is 1. The van der Waals surface area contributed by atoms with Crippen LogP contribution in [0.5, 0.6) is 5.75 Å². The fourth-order valence-corrected chi connectivity index (χ4v) is 2.19. The van der Waals surface area contributed by atoms with Gasteiger partial charge in [-0.25, -0.2) is 4.98 Å². The Labute approximate surface area is 114 Å². The van der Waals surface area contributed by atoms with E-state index in [2.05, 4.69) is 33.9 Å². The number of hydrogen-bond acceptors (Lipinski definition) is 3. The molecule has 4 heteroatoms. The molecule has 0 spiro atoms. The molecule has 4 nitrogen and oxygen atoms in total. The second-order valence-corrected chi connectivity index (χ2v) is 4.55. The largest absolute Gasteiger partial charge is 0.497 e. The first kappa shape index (κ1) is 13.6. The van der Waals surface area contributed by atoms with Crippen LogP contribution in [0.25, 0.3) is 0 Å². The first-order chi connectivity index (χ1) is 9.24. The van der Waals surface area contributed by atoms with Crippen molar-refractivity contribution in [2.24, 2.45) is 7.05 Å². The number of ether oxygens (including phenoxy) is 1. The monoisotopic (exact) mass is 259 g/mol. The second-order valence-electron chi connectivity index (χ2n) is 4.55. The molecule has 0 aliphatic carbocycles. The molecule has 0 saturated carbocycles. The van der Waals surface area contributed by atoms with Crippen molar-refractivity contribution in [2.45, 2.75) is 19.4 Å². The number of methoxy groups -OCH3 is 1. The molecule has 1 atom stereocenters. The molecule has 0 amide bonds. The lowest BCUT2D eigenvalue weighted by Gasteiger charge is -2.18. The third-order valence-corrected chi connectivity index (χ3v) is 3.25. The summed E-state index contributed by atoms with van der Waals surface area (Å²) >= 11 is 0. The third kappa shape index (κ3) is 3.35. The molecule has 2 aromatic rings. The zero-order valence-electron chi connectivity index (χ0n) is 11.8. The van der Waals surface area contributed by atoms with Gasteiger partial charge in [0.1, 0.15) is 11.6 Å². The van der Waals surface area contributed by atoms with Crippen LogP contribution in [-0.4, -0.2) is 23.2 Å². The second kappa shape index (κ2) is 6.38. The summed E-state index contributed by atoms with van der Waals surface area (Å²) in [5, 5.41) is 3.51. The molecule has 1 N–H and O–H groups in total. The van der Waals surface area contributed by atoms with E-state index in [4.69, 9.17) is 4.74 Å². The summed E-state index contributed by atoms with van der Waals surface area (Å²) in [6.07, 6.45) is 4.68. The molecule has 0 bridgehead atoms. The fraction of sp³-hybridized carbons (Fsp3) is 0.400. The van der Waals surface area contributed by atoms with Crippen LogP contribution in [0, 0.1) is 0 Å². The van der Waals surface area contributed by atoms with E-state index in [1.807, 2.05) is 31.6 Å². The Morgan fingerprint density at radius 2 is 2.26 bits per heavy atom. The summed E-state index contributed by atoms with van der Waals surface area (Å²) in [4.78, 5) is 4.40. The summed E-state index contributed by atoms with van der Waals surface area (Å²) in [6.45, 7) is 3.04. The maximum Gasteiger partial charge on any atom is 0.119 e. The first-order valence-electron chi connectivity index (χ1n) is 6.58. The van der Waals surface area contributed by atoms with Crippen LogP contribution in [0.15, 0.2) is 36.7 Å². The van der Waals surface area contributed by atoms with Crippen molar-refractivity contribution in [2.75, 3.05) is 13.7 Å². The number of aryl methyl sites for hydroxylation is 1. The Bertz CT molecular complexity index is 522. The minimum absolute atomic E-state index is 0.251. The van der Waals surface area contributed by atoms with Crippen molar-refractivity contribution in [1.82, 2.24) is 14.9 Å². The van der Waals surface area contributed by atoms with Gasteiger partial charge in [0.2, 0.25) is 0 Å². The molecule has 0 aliphatic rings. The van der Waals surface area contributed by atoms with Crippen LogP contribution in [0.2, 0.25) is 0 Å². The molecule has 1 heterocycles. The van der Waals surface area contributed by atoms with Crippen molar-refractivity contribution >= 4 is 0 Å². The number of nitrogens with zero attached hydrogens (tertiary/aromatic N) is 2. The Morgan fingerprint density at radius 3 is 2.89 bits per heavy atom. The van der Waals surface area contributed by atoms with E-state index in [1.165, 1.54) is 5.56 Å². The summed E-state index contributed by atoms with van der Waals surface area (Å²) in [7, 11) is 3.72. The van der Waals surface area contributed by atoms with Crippen molar-refractivity contribution < 1.29 is 4.74 Å². The highest BCUT2D eigenvalue weighted by atomic mass is 16.5. The van der Waals surface area contributed by atoms with Gasteiger partial charge in [-0.05, 0) is 24.2 Å². The minimum Gasteiger partial charge on any atom is -0.497 e. The number of imidazole rings is 1. The predicted octanol–water partition coefficient (Wildman–Crippen LogP) is 2.32. The molecule has 102 valence electrons. The molecular formula is C15H21N3O. The van der Waals surface area contributed by atoms with Crippen LogP contribution in [0.4, 0.5) is 0 Å². The van der Waals surface area contributed by atoms with Gasteiger partial charge in [0, 0.05) is 31.9 Å². The van der Waals surface area contributed by atoms with E-state index >= 15 is 0 Å². The SMILES string of the molecule is CCNC(Cc1nccn1C)c1cccc(OC)c1. The van der Waals surface area contributed by atoms with Gasteiger partial charge in [0.25, 0.3) is 0 Å². The molecule has 1 aromatic heterocycles. The summed E-state index contributed by atoms with van der Waals surface area (Å²) in [5.74, 6) is 1.97. The lowest BCUT2D eigenvalue weighted by Crippen LogP contribution is -2.24. The van der Waals surface area contributed by atoms with Crippen molar-refractivity contribution in [3.05, 3.63) is 48.0 Å². The van der Waals surface area contributed by atoms with E-state index in [9.17, 15) is 0 Å². The number of hydrogen-bond donors (Lipinski definition) is 1. The van der Waals surface area contributed by atoms with Crippen molar-refractivity contribution in [3.63, 3.8) is 0 Å². The molecule has 19 heavy (non-hydrogen) atoms. The Hall–Kier alpha value is -1.81. The van der Waals surface area contributed by atoms with Crippen molar-refractivity contribution in [1.29, 1.82) is 0 Å². The van der Waals surface area contributed by atoms with E-state index in [1.54, 1.807) is 7.11 Å². The first-order valence-corrected chi connectivity index (χ1v) is 6.58. The summed E-state index contributed by atoms with van der Waals surface area (Å²) in [5.41, 5.74) is 1.23. The Balaban J connectivity index is 2.21. The zero-order valence-corrected chi connectivity index (χ0v) is 11.8. The van der Waals surface area contributed by atoms with Gasteiger partial charge in [0.05, 0.1) is 7.11 Å². The average molecular weight is 259 g/mol. The van der Waals surface area contributed by atoms with Gasteiger partial charge >= 0.3 is 0 Å². The van der Waals surface area contributed by atoms with Crippen molar-refractivity contribution in [3.8, 4) is 5.75 Å². The van der Waals surface area contributed by atoms with Crippen LogP contribution in [-0.2, 0) is 13.5 Å². The quantitative estimate of drug-likeness (QED) is 0.865. The van der Waals surface area contributed by atoms with Gasteiger partial charge in [0.15, 0.2) is 0 Å². The zero-order chi connectivity index (χ0) is 13.7. The summed E-state index contributed by atoms with van der Waals surface area (Å²) in [6, 6.07) is 8.44. The molecule has 1 unspecified atom stereocenters.